The Morgan fingerprint density at radius 3 is 3.00 bits per heavy atom. The molecule has 1 aliphatic rings. The first-order valence-electron chi connectivity index (χ1n) is 7.31. The van der Waals surface area contributed by atoms with Crippen molar-refractivity contribution in [2.45, 2.75) is 38.5 Å². The molecule has 0 radical (unpaired) electrons. The van der Waals surface area contributed by atoms with Crippen LogP contribution in [0.5, 0.6) is 0 Å². The molecule has 6 nitrogen and oxygen atoms in total. The number of likely N-dealkylation sites (tertiary alicyclic amines) is 1. The highest BCUT2D eigenvalue weighted by Gasteiger charge is 2.29. The number of aromatic nitrogens is 2. The summed E-state index contributed by atoms with van der Waals surface area (Å²) in [7, 11) is 0. The zero-order valence-corrected chi connectivity index (χ0v) is 12.3. The van der Waals surface area contributed by atoms with Gasteiger partial charge >= 0.3 is 0 Å². The highest BCUT2D eigenvalue weighted by molar-refractivity contribution is 5.91. The van der Waals surface area contributed by atoms with Crippen molar-refractivity contribution in [1.29, 1.82) is 0 Å². The van der Waals surface area contributed by atoms with Gasteiger partial charge < -0.3 is 13.8 Å². The van der Waals surface area contributed by atoms with Crippen LogP contribution in [0.25, 0.3) is 0 Å². The predicted molar refractivity (Wildman–Crippen MR) is 75.0 cm³/mol. The predicted octanol–water partition coefficient (Wildman–Crippen LogP) is 2.81. The number of hydrogen-bond acceptors (Lipinski definition) is 5. The van der Waals surface area contributed by atoms with Crippen LogP contribution in [0.3, 0.4) is 0 Å². The number of carbonyl (C=O) groups is 1. The molecule has 0 unspecified atom stereocenters. The number of carbonyl (C=O) groups excluding carboxylic acids is 1. The summed E-state index contributed by atoms with van der Waals surface area (Å²) in [6, 6.07) is 3.42. The van der Waals surface area contributed by atoms with E-state index in [1.54, 1.807) is 17.0 Å². The number of rotatable bonds is 3. The second-order valence-electron chi connectivity index (χ2n) is 5.71. The van der Waals surface area contributed by atoms with Gasteiger partial charge in [0.15, 0.2) is 11.6 Å². The Bertz CT molecular complexity index is 603. The van der Waals surface area contributed by atoms with Crippen LogP contribution in [0.15, 0.2) is 27.3 Å². The van der Waals surface area contributed by atoms with Gasteiger partial charge in [-0.05, 0) is 25.0 Å². The van der Waals surface area contributed by atoms with Gasteiger partial charge in [0.05, 0.1) is 6.26 Å². The molecule has 2 aromatic rings. The molecule has 1 fully saturated rings. The Kier molecular flexibility index (Phi) is 3.77. The summed E-state index contributed by atoms with van der Waals surface area (Å²) in [4.78, 5) is 18.6. The second-order valence-corrected chi connectivity index (χ2v) is 5.71. The van der Waals surface area contributed by atoms with Gasteiger partial charge in [-0.2, -0.15) is 4.98 Å². The second kappa shape index (κ2) is 5.71. The lowest BCUT2D eigenvalue weighted by molar-refractivity contribution is 0.0671. The van der Waals surface area contributed by atoms with Crippen LogP contribution >= 0.6 is 0 Å². The number of amides is 1. The monoisotopic (exact) mass is 289 g/mol. The van der Waals surface area contributed by atoms with E-state index in [2.05, 4.69) is 10.1 Å². The van der Waals surface area contributed by atoms with Crippen LogP contribution in [-0.4, -0.2) is 34.0 Å². The topological polar surface area (TPSA) is 72.4 Å². The van der Waals surface area contributed by atoms with E-state index < -0.39 is 0 Å². The third-order valence-corrected chi connectivity index (χ3v) is 3.76. The van der Waals surface area contributed by atoms with Crippen molar-refractivity contribution >= 4 is 5.91 Å². The summed E-state index contributed by atoms with van der Waals surface area (Å²) in [5.74, 6) is 2.02. The fraction of sp³-hybridized carbons (Fsp3) is 0.533. The van der Waals surface area contributed by atoms with Gasteiger partial charge in [0.2, 0.25) is 5.89 Å². The Morgan fingerprint density at radius 2 is 2.33 bits per heavy atom. The van der Waals surface area contributed by atoms with E-state index >= 15 is 0 Å². The highest BCUT2D eigenvalue weighted by atomic mass is 16.5. The number of furan rings is 1. The first-order valence-corrected chi connectivity index (χ1v) is 7.31. The fourth-order valence-electron chi connectivity index (χ4n) is 2.58. The van der Waals surface area contributed by atoms with E-state index in [-0.39, 0.29) is 17.7 Å². The first-order chi connectivity index (χ1) is 10.1. The van der Waals surface area contributed by atoms with Crippen molar-refractivity contribution in [3.8, 4) is 0 Å². The third-order valence-electron chi connectivity index (χ3n) is 3.76. The van der Waals surface area contributed by atoms with Gasteiger partial charge in [-0.15, -0.1) is 0 Å². The van der Waals surface area contributed by atoms with Gasteiger partial charge in [-0.1, -0.05) is 19.0 Å². The molecular formula is C15H19N3O3. The van der Waals surface area contributed by atoms with Gasteiger partial charge in [-0.3, -0.25) is 4.79 Å². The quantitative estimate of drug-likeness (QED) is 0.868. The molecule has 1 atom stereocenters. The van der Waals surface area contributed by atoms with Crippen LogP contribution in [0.1, 0.15) is 60.8 Å². The average Bonchev–Trinajstić information content (AvgIpc) is 3.18. The Balaban J connectivity index is 1.72. The molecule has 6 heteroatoms. The van der Waals surface area contributed by atoms with Crippen molar-refractivity contribution < 1.29 is 13.7 Å². The molecule has 112 valence electrons. The van der Waals surface area contributed by atoms with Crippen molar-refractivity contribution in [3.05, 3.63) is 35.9 Å². The normalized spacial score (nSPS) is 19.2. The molecular weight excluding hydrogens is 270 g/mol. The van der Waals surface area contributed by atoms with Gasteiger partial charge in [0.1, 0.15) is 0 Å². The molecule has 0 aromatic carbocycles. The van der Waals surface area contributed by atoms with E-state index in [1.165, 1.54) is 6.26 Å². The van der Waals surface area contributed by atoms with E-state index in [1.807, 2.05) is 13.8 Å². The Hall–Kier alpha value is -2.11. The summed E-state index contributed by atoms with van der Waals surface area (Å²) < 4.78 is 10.4. The first kappa shape index (κ1) is 13.9. The molecule has 21 heavy (non-hydrogen) atoms. The zero-order chi connectivity index (χ0) is 14.8. The molecule has 0 saturated carbocycles. The molecule has 3 rings (SSSR count). The largest absolute Gasteiger partial charge is 0.459 e. The standard InChI is InChI=1S/C15H19N3O3/c1-10(2)14-16-13(17-21-14)11-5-3-7-18(9-11)15(19)12-6-4-8-20-12/h4,6,8,10-11H,3,5,7,9H2,1-2H3/t11-/m0/s1. The van der Waals surface area contributed by atoms with Gasteiger partial charge in [-0.25, -0.2) is 0 Å². The van der Waals surface area contributed by atoms with Crippen molar-refractivity contribution in [2.75, 3.05) is 13.1 Å². The zero-order valence-electron chi connectivity index (χ0n) is 12.3. The SMILES string of the molecule is CC(C)c1nc([C@H]2CCCN(C(=O)c3ccco3)C2)no1. The molecule has 0 bridgehead atoms. The average molecular weight is 289 g/mol. The highest BCUT2D eigenvalue weighted by Crippen LogP contribution is 2.27. The lowest BCUT2D eigenvalue weighted by Crippen LogP contribution is -2.39. The minimum atomic E-state index is -0.0720. The molecule has 0 N–H and O–H groups in total. The molecule has 1 aliphatic heterocycles. The van der Waals surface area contributed by atoms with E-state index in [4.69, 9.17) is 8.94 Å². The van der Waals surface area contributed by atoms with E-state index in [0.29, 0.717) is 24.0 Å². The molecule has 0 spiro atoms. The fourth-order valence-corrected chi connectivity index (χ4v) is 2.58. The van der Waals surface area contributed by atoms with E-state index in [9.17, 15) is 4.79 Å². The lowest BCUT2D eigenvalue weighted by atomic mass is 9.97. The summed E-state index contributed by atoms with van der Waals surface area (Å²) in [6.07, 6.45) is 3.42. The van der Waals surface area contributed by atoms with Gasteiger partial charge in [0, 0.05) is 24.9 Å². The number of nitrogens with zero attached hydrogens (tertiary/aromatic N) is 3. The minimum absolute atomic E-state index is 0.0720. The number of hydrogen-bond donors (Lipinski definition) is 0. The van der Waals surface area contributed by atoms with Crippen LogP contribution < -0.4 is 0 Å². The summed E-state index contributed by atoms with van der Waals surface area (Å²) >= 11 is 0. The van der Waals surface area contributed by atoms with Crippen LogP contribution in [-0.2, 0) is 0 Å². The van der Waals surface area contributed by atoms with Crippen molar-refractivity contribution in [2.24, 2.45) is 0 Å². The van der Waals surface area contributed by atoms with Gasteiger partial charge in [0.25, 0.3) is 5.91 Å². The lowest BCUT2D eigenvalue weighted by Gasteiger charge is -2.30. The maximum absolute atomic E-state index is 12.3. The maximum Gasteiger partial charge on any atom is 0.289 e. The summed E-state index contributed by atoms with van der Waals surface area (Å²) in [5.41, 5.74) is 0. The smallest absolute Gasteiger partial charge is 0.289 e. The Labute approximate surface area is 123 Å². The number of piperidine rings is 1. The van der Waals surface area contributed by atoms with Crippen LogP contribution in [0.2, 0.25) is 0 Å². The van der Waals surface area contributed by atoms with Crippen molar-refractivity contribution in [1.82, 2.24) is 15.0 Å². The van der Waals surface area contributed by atoms with Crippen molar-refractivity contribution in [3.63, 3.8) is 0 Å². The summed E-state index contributed by atoms with van der Waals surface area (Å²) in [6.45, 7) is 5.39. The van der Waals surface area contributed by atoms with E-state index in [0.717, 1.165) is 19.4 Å². The molecule has 1 saturated heterocycles. The Morgan fingerprint density at radius 1 is 1.48 bits per heavy atom. The third kappa shape index (κ3) is 2.84. The molecule has 1 amide bonds. The molecule has 2 aromatic heterocycles. The maximum atomic E-state index is 12.3. The summed E-state index contributed by atoms with van der Waals surface area (Å²) in [5, 5.41) is 4.07. The molecule has 3 heterocycles. The van der Waals surface area contributed by atoms with Crippen LogP contribution in [0, 0.1) is 0 Å². The molecule has 0 aliphatic carbocycles. The minimum Gasteiger partial charge on any atom is -0.459 e. The van der Waals surface area contributed by atoms with Crippen LogP contribution in [0.4, 0.5) is 0 Å².